The molecule has 1 amide bonds. The number of hydrogen-bond acceptors (Lipinski definition) is 6. The normalized spacial score (nSPS) is 11.9. The van der Waals surface area contributed by atoms with Crippen molar-refractivity contribution in [2.75, 3.05) is 18.5 Å². The molecule has 0 fully saturated rings. The van der Waals surface area contributed by atoms with Gasteiger partial charge in [-0.05, 0) is 0 Å². The third kappa shape index (κ3) is 4.20. The van der Waals surface area contributed by atoms with Crippen LogP contribution in [0.1, 0.15) is 6.92 Å². The molecule has 0 aromatic carbocycles. The lowest BCUT2D eigenvalue weighted by atomic mass is 10.4. The molecule has 0 saturated heterocycles. The van der Waals surface area contributed by atoms with E-state index >= 15 is 0 Å². The number of nitrogens with one attached hydrogen (secondary N) is 1. The Morgan fingerprint density at radius 3 is 2.81 bits per heavy atom. The van der Waals surface area contributed by atoms with Crippen molar-refractivity contribution in [3.8, 4) is 5.88 Å². The van der Waals surface area contributed by atoms with E-state index in [1.807, 2.05) is 0 Å². The summed E-state index contributed by atoms with van der Waals surface area (Å²) in [6.45, 7) is 0.922. The van der Waals surface area contributed by atoms with Crippen molar-refractivity contribution < 1.29 is 19.7 Å². The molecule has 0 radical (unpaired) electrons. The lowest BCUT2D eigenvalue weighted by Gasteiger charge is -2.08. The van der Waals surface area contributed by atoms with Crippen molar-refractivity contribution in [2.24, 2.45) is 0 Å². The zero-order valence-electron chi connectivity index (χ0n) is 8.75. The summed E-state index contributed by atoms with van der Waals surface area (Å²) in [5.74, 6) is 0.294. The van der Waals surface area contributed by atoms with Crippen LogP contribution in [0.4, 0.5) is 5.82 Å². The van der Waals surface area contributed by atoms with Crippen LogP contribution in [-0.2, 0) is 4.79 Å². The number of carbonyl (C=O) groups is 1. The second kappa shape index (κ2) is 5.99. The molecular formula is C9H13N3O4. The molecule has 3 N–H and O–H groups in total. The summed E-state index contributed by atoms with van der Waals surface area (Å²) in [6.07, 6.45) is 1.70. The van der Waals surface area contributed by atoms with Gasteiger partial charge in [0.25, 0.3) is 0 Å². The third-order valence-electron chi connectivity index (χ3n) is 1.57. The molecule has 0 aliphatic carbocycles. The van der Waals surface area contributed by atoms with Crippen LogP contribution in [0.25, 0.3) is 0 Å². The van der Waals surface area contributed by atoms with Crippen molar-refractivity contribution in [1.82, 2.24) is 9.97 Å². The third-order valence-corrected chi connectivity index (χ3v) is 1.57. The van der Waals surface area contributed by atoms with Gasteiger partial charge >= 0.3 is 0 Å². The fourth-order valence-electron chi connectivity index (χ4n) is 0.870. The van der Waals surface area contributed by atoms with Gasteiger partial charge in [0.15, 0.2) is 5.82 Å². The van der Waals surface area contributed by atoms with Crippen molar-refractivity contribution in [1.29, 1.82) is 0 Å². The average Bonchev–Trinajstić information content (AvgIpc) is 2.27. The van der Waals surface area contributed by atoms with Crippen molar-refractivity contribution in [3.63, 3.8) is 0 Å². The number of nitrogens with zero attached hydrogens (tertiary/aromatic N) is 2. The van der Waals surface area contributed by atoms with Crippen LogP contribution in [-0.4, -0.2) is 45.4 Å². The van der Waals surface area contributed by atoms with E-state index in [-0.39, 0.29) is 25.0 Å². The van der Waals surface area contributed by atoms with Gasteiger partial charge in [-0.2, -0.15) is 0 Å². The minimum atomic E-state index is -0.947. The molecular weight excluding hydrogens is 214 g/mol. The molecule has 7 nitrogen and oxygen atoms in total. The number of carbonyl (C=O) groups excluding carboxylic acids is 1. The van der Waals surface area contributed by atoms with E-state index in [1.165, 1.54) is 19.3 Å². The van der Waals surface area contributed by atoms with Crippen LogP contribution in [0.5, 0.6) is 5.88 Å². The van der Waals surface area contributed by atoms with Gasteiger partial charge in [0.1, 0.15) is 12.7 Å². The Hall–Kier alpha value is -1.73. The SMILES string of the molecule is CC(=O)Nc1cnc(OC[C@@H](O)CO)cn1. The molecule has 0 bridgehead atoms. The summed E-state index contributed by atoms with van der Waals surface area (Å²) in [5.41, 5.74) is 0. The summed E-state index contributed by atoms with van der Waals surface area (Å²) < 4.78 is 5.02. The number of rotatable bonds is 5. The molecule has 0 saturated carbocycles. The maximum Gasteiger partial charge on any atom is 0.232 e. The van der Waals surface area contributed by atoms with Crippen LogP contribution in [0.15, 0.2) is 12.4 Å². The molecule has 0 unspecified atom stereocenters. The number of ether oxygens (including phenoxy) is 1. The highest BCUT2D eigenvalue weighted by Crippen LogP contribution is 2.07. The molecule has 88 valence electrons. The predicted molar refractivity (Wildman–Crippen MR) is 54.9 cm³/mol. The minimum absolute atomic E-state index is 0.0648. The van der Waals surface area contributed by atoms with Gasteiger partial charge in [0.2, 0.25) is 11.8 Å². The predicted octanol–water partition coefficient (Wildman–Crippen LogP) is -0.833. The van der Waals surface area contributed by atoms with Crippen LogP contribution >= 0.6 is 0 Å². The first-order valence-corrected chi connectivity index (χ1v) is 4.63. The van der Waals surface area contributed by atoms with E-state index in [4.69, 9.17) is 14.9 Å². The lowest BCUT2D eigenvalue weighted by Crippen LogP contribution is -2.21. The molecule has 1 rings (SSSR count). The van der Waals surface area contributed by atoms with E-state index in [0.717, 1.165) is 0 Å². The standard InChI is InChI=1S/C9H13N3O4/c1-6(14)12-8-2-11-9(3-10-8)16-5-7(15)4-13/h2-3,7,13,15H,4-5H2,1H3,(H,10,12,14)/t7-/m0/s1. The minimum Gasteiger partial charge on any atom is -0.474 e. The number of aliphatic hydroxyl groups is 2. The van der Waals surface area contributed by atoms with E-state index in [0.29, 0.717) is 5.82 Å². The fraction of sp³-hybridized carbons (Fsp3) is 0.444. The summed E-state index contributed by atoms with van der Waals surface area (Å²) >= 11 is 0. The van der Waals surface area contributed by atoms with Crippen LogP contribution in [0, 0.1) is 0 Å². The van der Waals surface area contributed by atoms with E-state index < -0.39 is 6.10 Å². The van der Waals surface area contributed by atoms with Gasteiger partial charge in [-0.25, -0.2) is 9.97 Å². The monoisotopic (exact) mass is 227 g/mol. The fourth-order valence-corrected chi connectivity index (χ4v) is 0.870. The Kier molecular flexibility index (Phi) is 4.62. The molecule has 7 heteroatoms. The number of hydrogen-bond donors (Lipinski definition) is 3. The number of aromatic nitrogens is 2. The largest absolute Gasteiger partial charge is 0.474 e. The molecule has 1 heterocycles. The van der Waals surface area contributed by atoms with Gasteiger partial charge < -0.3 is 20.3 Å². The summed E-state index contributed by atoms with van der Waals surface area (Å²) in [5, 5.41) is 20.0. The second-order valence-electron chi connectivity index (χ2n) is 3.07. The van der Waals surface area contributed by atoms with Crippen molar-refractivity contribution >= 4 is 11.7 Å². The molecule has 0 spiro atoms. The quantitative estimate of drug-likeness (QED) is 0.606. The zero-order valence-corrected chi connectivity index (χ0v) is 8.75. The molecule has 0 aliphatic rings. The number of amides is 1. The van der Waals surface area contributed by atoms with Crippen LogP contribution in [0.3, 0.4) is 0 Å². The van der Waals surface area contributed by atoms with Gasteiger partial charge in [-0.3, -0.25) is 4.79 Å². The summed E-state index contributed by atoms with van der Waals surface area (Å²) in [6, 6.07) is 0. The molecule has 1 atom stereocenters. The Balaban J connectivity index is 2.48. The van der Waals surface area contributed by atoms with Gasteiger partial charge in [-0.1, -0.05) is 0 Å². The smallest absolute Gasteiger partial charge is 0.232 e. The van der Waals surface area contributed by atoms with Gasteiger partial charge in [0, 0.05) is 6.92 Å². The highest BCUT2D eigenvalue weighted by atomic mass is 16.5. The van der Waals surface area contributed by atoms with Gasteiger partial charge in [-0.15, -0.1) is 0 Å². The summed E-state index contributed by atoms with van der Waals surface area (Å²) in [7, 11) is 0. The summed E-state index contributed by atoms with van der Waals surface area (Å²) in [4.78, 5) is 18.4. The molecule has 0 aliphatic heterocycles. The zero-order chi connectivity index (χ0) is 12.0. The Morgan fingerprint density at radius 2 is 2.31 bits per heavy atom. The molecule has 1 aromatic rings. The Morgan fingerprint density at radius 1 is 1.56 bits per heavy atom. The van der Waals surface area contributed by atoms with Crippen LogP contribution < -0.4 is 10.1 Å². The average molecular weight is 227 g/mol. The van der Waals surface area contributed by atoms with Crippen LogP contribution in [0.2, 0.25) is 0 Å². The maximum atomic E-state index is 10.7. The van der Waals surface area contributed by atoms with Crippen molar-refractivity contribution in [2.45, 2.75) is 13.0 Å². The topological polar surface area (TPSA) is 105 Å². The maximum absolute atomic E-state index is 10.7. The van der Waals surface area contributed by atoms with E-state index in [1.54, 1.807) is 0 Å². The first-order valence-electron chi connectivity index (χ1n) is 4.63. The Bertz CT molecular complexity index is 341. The first-order chi connectivity index (χ1) is 7.61. The number of aliphatic hydroxyl groups excluding tert-OH is 2. The highest BCUT2D eigenvalue weighted by molar-refractivity contribution is 5.87. The molecule has 1 aromatic heterocycles. The highest BCUT2D eigenvalue weighted by Gasteiger charge is 2.04. The van der Waals surface area contributed by atoms with Crippen molar-refractivity contribution in [3.05, 3.63) is 12.4 Å². The molecule has 16 heavy (non-hydrogen) atoms. The lowest BCUT2D eigenvalue weighted by molar-refractivity contribution is -0.114. The Labute approximate surface area is 92.1 Å². The van der Waals surface area contributed by atoms with Gasteiger partial charge in [0.05, 0.1) is 19.0 Å². The first kappa shape index (κ1) is 12.3. The van der Waals surface area contributed by atoms with E-state index in [2.05, 4.69) is 15.3 Å². The second-order valence-corrected chi connectivity index (χ2v) is 3.07. The number of anilines is 1. The van der Waals surface area contributed by atoms with E-state index in [9.17, 15) is 4.79 Å².